The zero-order valence-electron chi connectivity index (χ0n) is 17.0. The SMILES string of the molecule is COc1cc([C@H]2CC(=O)Nc3sc4c(C)c(C#N)c(N)[nH+]c4c32)cc(OC)c1OC. The Morgan fingerprint density at radius 3 is 2.47 bits per heavy atom. The van der Waals surface area contributed by atoms with E-state index in [1.165, 1.54) is 11.3 Å². The molecule has 154 valence electrons. The van der Waals surface area contributed by atoms with Crippen LogP contribution < -0.4 is 30.2 Å². The lowest BCUT2D eigenvalue weighted by molar-refractivity contribution is -0.327. The van der Waals surface area contributed by atoms with Crippen molar-refractivity contribution in [1.29, 1.82) is 5.26 Å². The lowest BCUT2D eigenvalue weighted by Crippen LogP contribution is -2.24. The molecule has 2 aromatic heterocycles. The number of carbonyl (C=O) groups is 1. The summed E-state index contributed by atoms with van der Waals surface area (Å²) in [5, 5.41) is 13.1. The van der Waals surface area contributed by atoms with Crippen LogP contribution in [0.1, 0.15) is 34.6 Å². The quantitative estimate of drug-likeness (QED) is 0.663. The molecule has 0 aliphatic carbocycles. The van der Waals surface area contributed by atoms with E-state index in [0.717, 1.165) is 31.9 Å². The van der Waals surface area contributed by atoms with Gasteiger partial charge >= 0.3 is 0 Å². The van der Waals surface area contributed by atoms with E-state index in [4.69, 9.17) is 19.9 Å². The van der Waals surface area contributed by atoms with Crippen molar-refractivity contribution in [3.05, 3.63) is 34.4 Å². The number of H-pyrrole nitrogens is 1. The van der Waals surface area contributed by atoms with Gasteiger partial charge in [0, 0.05) is 17.9 Å². The zero-order chi connectivity index (χ0) is 21.6. The number of aromatic amines is 1. The Kier molecular flexibility index (Phi) is 4.87. The van der Waals surface area contributed by atoms with Crippen LogP contribution in [-0.2, 0) is 4.79 Å². The van der Waals surface area contributed by atoms with E-state index in [-0.39, 0.29) is 18.2 Å². The van der Waals surface area contributed by atoms with Gasteiger partial charge in [0.05, 0.1) is 26.0 Å². The number of hydrogen-bond acceptors (Lipinski definition) is 7. The van der Waals surface area contributed by atoms with Gasteiger partial charge in [0.15, 0.2) is 11.5 Å². The summed E-state index contributed by atoms with van der Waals surface area (Å²) in [6.45, 7) is 1.86. The van der Waals surface area contributed by atoms with Gasteiger partial charge < -0.3 is 19.5 Å². The van der Waals surface area contributed by atoms with Gasteiger partial charge in [-0.25, -0.2) is 4.98 Å². The van der Waals surface area contributed by atoms with Crippen molar-refractivity contribution in [3.8, 4) is 23.3 Å². The molecule has 0 bridgehead atoms. The number of carbonyl (C=O) groups excluding carboxylic acids is 1. The van der Waals surface area contributed by atoms with Gasteiger partial charge in [-0.1, -0.05) is 0 Å². The minimum absolute atomic E-state index is 0.0843. The number of fused-ring (bicyclic) bond motifs is 3. The summed E-state index contributed by atoms with van der Waals surface area (Å²) in [5.41, 5.74) is 9.93. The molecule has 0 saturated carbocycles. The van der Waals surface area contributed by atoms with E-state index in [1.807, 2.05) is 19.1 Å². The predicted octanol–water partition coefficient (Wildman–Crippen LogP) is 2.98. The number of methoxy groups -OCH3 is 3. The van der Waals surface area contributed by atoms with E-state index in [0.29, 0.717) is 28.6 Å². The van der Waals surface area contributed by atoms with Crippen LogP contribution in [0, 0.1) is 18.3 Å². The molecule has 30 heavy (non-hydrogen) atoms. The summed E-state index contributed by atoms with van der Waals surface area (Å²) in [4.78, 5) is 15.7. The second kappa shape index (κ2) is 7.39. The first-order chi connectivity index (χ1) is 14.4. The van der Waals surface area contributed by atoms with Gasteiger partial charge in [-0.3, -0.25) is 10.5 Å². The Morgan fingerprint density at radius 1 is 1.23 bits per heavy atom. The maximum absolute atomic E-state index is 12.5. The van der Waals surface area contributed by atoms with Crippen molar-refractivity contribution in [2.45, 2.75) is 19.3 Å². The molecule has 3 aromatic rings. The van der Waals surface area contributed by atoms with Crippen molar-refractivity contribution >= 4 is 38.3 Å². The minimum Gasteiger partial charge on any atom is -0.493 e. The normalized spacial score (nSPS) is 15.3. The summed E-state index contributed by atoms with van der Waals surface area (Å²) in [5.74, 6) is 1.50. The fourth-order valence-corrected chi connectivity index (χ4v) is 5.21. The Hall–Kier alpha value is -3.51. The second-order valence-corrected chi connectivity index (χ2v) is 7.98. The summed E-state index contributed by atoms with van der Waals surface area (Å²) < 4.78 is 17.3. The first-order valence-corrected chi connectivity index (χ1v) is 10.0. The van der Waals surface area contributed by atoms with Crippen LogP contribution in [-0.4, -0.2) is 27.2 Å². The van der Waals surface area contributed by atoms with Gasteiger partial charge in [-0.2, -0.15) is 5.26 Å². The number of thiophene rings is 1. The number of nitrogens with one attached hydrogen (secondary N) is 2. The van der Waals surface area contributed by atoms with Crippen LogP contribution in [0.5, 0.6) is 17.2 Å². The molecule has 4 rings (SSSR count). The Bertz CT molecular complexity index is 1200. The highest BCUT2D eigenvalue weighted by molar-refractivity contribution is 7.23. The number of anilines is 2. The van der Waals surface area contributed by atoms with Gasteiger partial charge in [0.25, 0.3) is 5.82 Å². The zero-order valence-corrected chi connectivity index (χ0v) is 17.8. The molecule has 4 N–H and O–H groups in total. The average Bonchev–Trinajstić information content (AvgIpc) is 3.10. The number of aryl methyl sites for hydroxylation is 1. The van der Waals surface area contributed by atoms with E-state index < -0.39 is 0 Å². The molecule has 8 nitrogen and oxygen atoms in total. The minimum atomic E-state index is -0.251. The monoisotopic (exact) mass is 425 g/mol. The fourth-order valence-electron chi connectivity index (χ4n) is 3.97. The standard InChI is InChI=1S/C21H20N4O4S/c1-9-12(8-22)20(23)25-17-16-11(7-15(26)24-21(16)30-19(9)17)10-5-13(27-2)18(29-4)14(6-10)28-3/h5-6,11H,7H2,1-4H3,(H2,23,25)(H,24,26)/p+1/t11-/m1/s1. The van der Waals surface area contributed by atoms with E-state index in [9.17, 15) is 10.1 Å². The number of rotatable bonds is 4. The molecule has 1 aliphatic heterocycles. The maximum Gasteiger partial charge on any atom is 0.289 e. The van der Waals surface area contributed by atoms with Crippen molar-refractivity contribution in [2.24, 2.45) is 0 Å². The Balaban J connectivity index is 1.99. The third-order valence-corrected chi connectivity index (χ3v) is 6.62. The lowest BCUT2D eigenvalue weighted by Gasteiger charge is -2.24. The molecule has 0 radical (unpaired) electrons. The number of benzene rings is 1. The number of aromatic nitrogens is 1. The molecule has 0 unspecified atom stereocenters. The van der Waals surface area contributed by atoms with Crippen LogP contribution in [0.2, 0.25) is 0 Å². The average molecular weight is 425 g/mol. The molecular formula is C21H21N4O4S+. The number of nitrogen functional groups attached to an aromatic ring is 1. The van der Waals surface area contributed by atoms with Crippen LogP contribution in [0.4, 0.5) is 10.8 Å². The van der Waals surface area contributed by atoms with Crippen molar-refractivity contribution in [2.75, 3.05) is 32.4 Å². The summed E-state index contributed by atoms with van der Waals surface area (Å²) in [7, 11) is 4.66. The molecule has 1 amide bonds. The molecule has 1 aliphatic rings. The first kappa shape index (κ1) is 19.8. The fraction of sp³-hybridized carbons (Fsp3) is 0.286. The van der Waals surface area contributed by atoms with Gasteiger partial charge in [0.1, 0.15) is 22.2 Å². The van der Waals surface area contributed by atoms with Crippen LogP contribution in [0.25, 0.3) is 10.2 Å². The number of pyridine rings is 1. The molecule has 0 spiro atoms. The second-order valence-electron chi connectivity index (χ2n) is 6.96. The first-order valence-electron chi connectivity index (χ1n) is 9.21. The number of nitriles is 1. The van der Waals surface area contributed by atoms with Crippen molar-refractivity contribution in [1.82, 2.24) is 0 Å². The van der Waals surface area contributed by atoms with E-state index in [1.54, 1.807) is 21.3 Å². The Labute approximate surface area is 177 Å². The van der Waals surface area contributed by atoms with Crippen molar-refractivity contribution < 1.29 is 24.0 Å². The van der Waals surface area contributed by atoms with Crippen LogP contribution in [0.3, 0.4) is 0 Å². The number of ether oxygens (including phenoxy) is 3. The topological polar surface area (TPSA) is 121 Å². The number of nitrogens with two attached hydrogens (primary N) is 1. The third-order valence-electron chi connectivity index (χ3n) is 5.38. The molecule has 1 atom stereocenters. The van der Waals surface area contributed by atoms with Crippen molar-refractivity contribution in [3.63, 3.8) is 0 Å². The largest absolute Gasteiger partial charge is 0.493 e. The summed E-state index contributed by atoms with van der Waals surface area (Å²) in [6, 6.07) is 5.86. The molecule has 0 fully saturated rings. The predicted molar refractivity (Wildman–Crippen MR) is 113 cm³/mol. The van der Waals surface area contributed by atoms with Gasteiger partial charge in [0.2, 0.25) is 11.7 Å². The van der Waals surface area contributed by atoms with Gasteiger partial charge in [-0.05, 0) is 30.2 Å². The summed E-state index contributed by atoms with van der Waals surface area (Å²) in [6.07, 6.45) is 0.254. The highest BCUT2D eigenvalue weighted by Crippen LogP contribution is 2.49. The molecule has 3 heterocycles. The third kappa shape index (κ3) is 2.88. The van der Waals surface area contributed by atoms with Crippen LogP contribution >= 0.6 is 11.3 Å². The number of amides is 1. The number of hydrogen-bond donors (Lipinski definition) is 2. The smallest absolute Gasteiger partial charge is 0.289 e. The van der Waals surface area contributed by atoms with E-state index in [2.05, 4.69) is 16.4 Å². The summed E-state index contributed by atoms with van der Waals surface area (Å²) >= 11 is 1.44. The molecule has 0 saturated heterocycles. The Morgan fingerprint density at radius 2 is 1.90 bits per heavy atom. The highest BCUT2D eigenvalue weighted by Gasteiger charge is 2.34. The number of nitrogens with zero attached hydrogens (tertiary/aromatic N) is 1. The maximum atomic E-state index is 12.5. The van der Waals surface area contributed by atoms with Crippen LogP contribution in [0.15, 0.2) is 12.1 Å². The highest BCUT2D eigenvalue weighted by atomic mass is 32.1. The van der Waals surface area contributed by atoms with Gasteiger partial charge in [-0.15, -0.1) is 11.3 Å². The molecule has 1 aromatic carbocycles. The van der Waals surface area contributed by atoms with E-state index >= 15 is 0 Å². The molecular weight excluding hydrogens is 404 g/mol. The lowest BCUT2D eigenvalue weighted by atomic mass is 9.86. The molecule has 9 heteroatoms.